The largest absolute Gasteiger partial charge is 0.347 e. The minimum atomic E-state index is -0.816. The van der Waals surface area contributed by atoms with E-state index in [2.05, 4.69) is 21.2 Å². The van der Waals surface area contributed by atoms with E-state index >= 15 is 0 Å². The van der Waals surface area contributed by atoms with Gasteiger partial charge < -0.3 is 5.32 Å². The van der Waals surface area contributed by atoms with Gasteiger partial charge in [0.1, 0.15) is 5.82 Å². The Morgan fingerprint density at radius 2 is 2.15 bits per heavy atom. The minimum absolute atomic E-state index is 0.0766. The molecule has 0 fully saturated rings. The number of rotatable bonds is 4. The van der Waals surface area contributed by atoms with Crippen LogP contribution >= 0.6 is 27.3 Å². The van der Waals surface area contributed by atoms with Crippen LogP contribution in [0.4, 0.5) is 10.1 Å². The molecule has 1 heterocycles. The summed E-state index contributed by atoms with van der Waals surface area (Å²) >= 11 is 4.75. The zero-order valence-electron chi connectivity index (χ0n) is 9.93. The van der Waals surface area contributed by atoms with Crippen LogP contribution in [0, 0.1) is 15.9 Å². The molecule has 0 bridgehead atoms. The van der Waals surface area contributed by atoms with Gasteiger partial charge in [-0.25, -0.2) is 4.39 Å². The lowest BCUT2D eigenvalue weighted by atomic mass is 10.2. The van der Waals surface area contributed by atoms with Crippen LogP contribution in [0.5, 0.6) is 0 Å². The van der Waals surface area contributed by atoms with E-state index in [1.807, 2.05) is 11.4 Å². The molecule has 104 valence electrons. The van der Waals surface area contributed by atoms with Crippen molar-refractivity contribution in [3.8, 4) is 0 Å². The molecule has 2 aromatic rings. The predicted octanol–water partition coefficient (Wildman–Crippen LogP) is 3.49. The first kappa shape index (κ1) is 14.6. The molecule has 0 aliphatic heterocycles. The van der Waals surface area contributed by atoms with Crippen molar-refractivity contribution in [3.05, 3.63) is 60.5 Å². The molecular weight excluding hydrogens is 351 g/mol. The van der Waals surface area contributed by atoms with Gasteiger partial charge in [0.2, 0.25) is 0 Å². The summed E-state index contributed by atoms with van der Waals surface area (Å²) in [4.78, 5) is 22.6. The van der Waals surface area contributed by atoms with Crippen molar-refractivity contribution >= 4 is 38.9 Å². The fraction of sp³-hybridized carbons (Fsp3) is 0.0833. The maximum Gasteiger partial charge on any atom is 0.273 e. The Bertz CT molecular complexity index is 674. The SMILES string of the molecule is O=C(NCc1cc(Br)cs1)c1cc(F)cc([N+](=O)[O-])c1. The van der Waals surface area contributed by atoms with Crippen LogP contribution in [0.2, 0.25) is 0 Å². The van der Waals surface area contributed by atoms with Crippen molar-refractivity contribution in [2.45, 2.75) is 6.54 Å². The Morgan fingerprint density at radius 3 is 2.75 bits per heavy atom. The van der Waals surface area contributed by atoms with E-state index in [0.29, 0.717) is 0 Å². The second-order valence-electron chi connectivity index (χ2n) is 3.87. The molecule has 20 heavy (non-hydrogen) atoms. The standard InChI is InChI=1S/C12H8BrFN2O3S/c13-8-3-11(20-6-8)5-15-12(17)7-1-9(14)4-10(2-7)16(18)19/h1-4,6H,5H2,(H,15,17). The molecule has 1 aromatic carbocycles. The lowest BCUT2D eigenvalue weighted by molar-refractivity contribution is -0.385. The van der Waals surface area contributed by atoms with E-state index < -0.39 is 22.3 Å². The Balaban J connectivity index is 2.10. The highest BCUT2D eigenvalue weighted by molar-refractivity contribution is 9.10. The van der Waals surface area contributed by atoms with Gasteiger partial charge in [0.05, 0.1) is 17.5 Å². The number of carbonyl (C=O) groups excluding carboxylic acids is 1. The molecule has 5 nitrogen and oxygen atoms in total. The van der Waals surface area contributed by atoms with Crippen molar-refractivity contribution in [3.63, 3.8) is 0 Å². The summed E-state index contributed by atoms with van der Waals surface area (Å²) in [5.74, 6) is -1.37. The van der Waals surface area contributed by atoms with Crippen molar-refractivity contribution in [1.82, 2.24) is 5.32 Å². The van der Waals surface area contributed by atoms with Gasteiger partial charge in [0, 0.05) is 26.4 Å². The maximum absolute atomic E-state index is 13.2. The van der Waals surface area contributed by atoms with Crippen molar-refractivity contribution in [2.24, 2.45) is 0 Å². The highest BCUT2D eigenvalue weighted by atomic mass is 79.9. The number of nitrogens with zero attached hydrogens (tertiary/aromatic N) is 1. The van der Waals surface area contributed by atoms with Gasteiger partial charge in [-0.1, -0.05) is 0 Å². The topological polar surface area (TPSA) is 72.2 Å². The van der Waals surface area contributed by atoms with E-state index in [4.69, 9.17) is 0 Å². The number of carbonyl (C=O) groups is 1. The number of thiophene rings is 1. The van der Waals surface area contributed by atoms with Gasteiger partial charge in [0.15, 0.2) is 0 Å². The predicted molar refractivity (Wildman–Crippen MR) is 76.2 cm³/mol. The third-order valence-electron chi connectivity index (χ3n) is 2.40. The Kier molecular flexibility index (Phi) is 4.46. The number of hydrogen-bond acceptors (Lipinski definition) is 4. The molecule has 0 spiro atoms. The van der Waals surface area contributed by atoms with Gasteiger partial charge in [-0.3, -0.25) is 14.9 Å². The Morgan fingerprint density at radius 1 is 1.40 bits per heavy atom. The van der Waals surface area contributed by atoms with Crippen molar-refractivity contribution in [2.75, 3.05) is 0 Å². The average Bonchev–Trinajstić information content (AvgIpc) is 2.81. The molecule has 0 aliphatic rings. The highest BCUT2D eigenvalue weighted by Crippen LogP contribution is 2.20. The quantitative estimate of drug-likeness (QED) is 0.671. The summed E-state index contributed by atoms with van der Waals surface area (Å²) in [5.41, 5.74) is -0.527. The second-order valence-corrected chi connectivity index (χ2v) is 5.78. The molecule has 0 unspecified atom stereocenters. The molecule has 0 atom stereocenters. The van der Waals surface area contributed by atoms with E-state index in [0.717, 1.165) is 27.5 Å². The zero-order chi connectivity index (χ0) is 14.7. The molecule has 0 aliphatic carbocycles. The molecular formula is C12H8BrFN2O3S. The number of non-ortho nitro benzene ring substituents is 1. The fourth-order valence-electron chi connectivity index (χ4n) is 1.53. The Labute approximate surface area is 125 Å². The number of nitrogens with one attached hydrogen (secondary N) is 1. The third kappa shape index (κ3) is 3.61. The monoisotopic (exact) mass is 358 g/mol. The molecule has 0 saturated heterocycles. The minimum Gasteiger partial charge on any atom is -0.347 e. The van der Waals surface area contributed by atoms with E-state index in [-0.39, 0.29) is 12.1 Å². The van der Waals surface area contributed by atoms with Crippen LogP contribution in [0.3, 0.4) is 0 Å². The van der Waals surface area contributed by atoms with E-state index in [1.54, 1.807) is 0 Å². The van der Waals surface area contributed by atoms with E-state index in [9.17, 15) is 19.3 Å². The van der Waals surface area contributed by atoms with Crippen LogP contribution in [-0.2, 0) is 6.54 Å². The van der Waals surface area contributed by atoms with Crippen molar-refractivity contribution in [1.29, 1.82) is 0 Å². The smallest absolute Gasteiger partial charge is 0.273 e. The van der Waals surface area contributed by atoms with Crippen molar-refractivity contribution < 1.29 is 14.1 Å². The summed E-state index contributed by atoms with van der Waals surface area (Å²) in [7, 11) is 0. The first-order chi connectivity index (χ1) is 9.45. The number of hydrogen-bond donors (Lipinski definition) is 1. The van der Waals surface area contributed by atoms with Crippen LogP contribution in [0.15, 0.2) is 34.1 Å². The number of nitro groups is 1. The van der Waals surface area contributed by atoms with Gasteiger partial charge in [-0.05, 0) is 28.1 Å². The molecule has 8 heteroatoms. The average molecular weight is 359 g/mol. The molecule has 0 radical (unpaired) electrons. The van der Waals surface area contributed by atoms with Gasteiger partial charge in [-0.2, -0.15) is 0 Å². The van der Waals surface area contributed by atoms with Crippen LogP contribution in [0.25, 0.3) is 0 Å². The third-order valence-corrected chi connectivity index (χ3v) is 4.10. The highest BCUT2D eigenvalue weighted by Gasteiger charge is 2.14. The normalized spacial score (nSPS) is 10.3. The van der Waals surface area contributed by atoms with Crippen LogP contribution in [0.1, 0.15) is 15.2 Å². The summed E-state index contributed by atoms with van der Waals surface area (Å²) < 4.78 is 14.1. The Hall–Kier alpha value is -1.80. The summed E-state index contributed by atoms with van der Waals surface area (Å²) in [6, 6.07) is 4.63. The zero-order valence-corrected chi connectivity index (χ0v) is 12.3. The van der Waals surface area contributed by atoms with E-state index in [1.165, 1.54) is 11.3 Å². The molecule has 0 saturated carbocycles. The lowest BCUT2D eigenvalue weighted by Crippen LogP contribution is -2.22. The first-order valence-corrected chi connectivity index (χ1v) is 7.09. The number of benzene rings is 1. The molecule has 1 amide bonds. The molecule has 1 aromatic heterocycles. The summed E-state index contributed by atoms with van der Waals surface area (Å²) in [5, 5.41) is 15.1. The first-order valence-electron chi connectivity index (χ1n) is 5.42. The second kappa shape index (κ2) is 6.10. The number of amides is 1. The summed E-state index contributed by atoms with van der Waals surface area (Å²) in [6.07, 6.45) is 0. The van der Waals surface area contributed by atoms with Gasteiger partial charge in [0.25, 0.3) is 11.6 Å². The molecule has 2 rings (SSSR count). The summed E-state index contributed by atoms with van der Waals surface area (Å²) in [6.45, 7) is 0.277. The maximum atomic E-state index is 13.2. The van der Waals surface area contributed by atoms with Gasteiger partial charge in [-0.15, -0.1) is 11.3 Å². The number of halogens is 2. The van der Waals surface area contributed by atoms with Crippen LogP contribution in [-0.4, -0.2) is 10.8 Å². The fourth-order valence-corrected chi connectivity index (χ4v) is 2.92. The number of nitro benzene ring substituents is 1. The van der Waals surface area contributed by atoms with Gasteiger partial charge >= 0.3 is 0 Å². The molecule has 1 N–H and O–H groups in total. The lowest BCUT2D eigenvalue weighted by Gasteiger charge is -2.04. The van der Waals surface area contributed by atoms with Crippen LogP contribution < -0.4 is 5.32 Å².